The molecule has 0 saturated carbocycles. The van der Waals surface area contributed by atoms with E-state index in [2.05, 4.69) is 0 Å². The van der Waals surface area contributed by atoms with Crippen molar-refractivity contribution in [3.63, 3.8) is 0 Å². The highest BCUT2D eigenvalue weighted by Crippen LogP contribution is 2.39. The molecule has 2 amide bonds. The number of hydrogen-bond acceptors (Lipinski definition) is 2. The Kier molecular flexibility index (Phi) is 4.34. The van der Waals surface area contributed by atoms with E-state index >= 15 is 0 Å². The number of urea groups is 1. The molecular formula is C18H19F3N2O2. The van der Waals surface area contributed by atoms with Gasteiger partial charge in [-0.2, -0.15) is 13.2 Å². The van der Waals surface area contributed by atoms with Gasteiger partial charge in [0.2, 0.25) is 0 Å². The minimum atomic E-state index is -4.41. The Hall–Kier alpha value is -2.31. The maximum atomic E-state index is 12.7. The van der Waals surface area contributed by atoms with E-state index in [0.29, 0.717) is 36.9 Å². The van der Waals surface area contributed by atoms with Crippen LogP contribution >= 0.6 is 0 Å². The van der Waals surface area contributed by atoms with Gasteiger partial charge in [0.05, 0.1) is 11.6 Å². The highest BCUT2D eigenvalue weighted by Gasteiger charge is 2.40. The molecule has 0 spiro atoms. The van der Waals surface area contributed by atoms with Crippen molar-refractivity contribution in [1.82, 2.24) is 9.80 Å². The molecule has 1 unspecified atom stereocenters. The van der Waals surface area contributed by atoms with Crippen LogP contribution in [0.1, 0.15) is 30.4 Å². The van der Waals surface area contributed by atoms with Gasteiger partial charge in [0.1, 0.15) is 0 Å². The third-order valence-electron chi connectivity index (χ3n) is 4.77. The molecule has 0 N–H and O–H groups in total. The van der Waals surface area contributed by atoms with Gasteiger partial charge in [-0.1, -0.05) is 12.1 Å². The minimum Gasteiger partial charge on any atom is -0.331 e. The molecule has 7 heteroatoms. The number of Topliss-reactive ketones (excluding diaryl/α,β-unsaturated/α-hetero) is 1. The van der Waals surface area contributed by atoms with Crippen molar-refractivity contribution in [1.29, 1.82) is 0 Å². The van der Waals surface area contributed by atoms with Gasteiger partial charge in [0.15, 0.2) is 5.78 Å². The number of fused-ring (bicyclic) bond motifs is 1. The third-order valence-corrected chi connectivity index (χ3v) is 4.77. The Morgan fingerprint density at radius 1 is 1.16 bits per heavy atom. The van der Waals surface area contributed by atoms with Gasteiger partial charge in [-0.15, -0.1) is 0 Å². The molecule has 1 aromatic rings. The van der Waals surface area contributed by atoms with Crippen molar-refractivity contribution in [3.8, 4) is 0 Å². The molecule has 1 heterocycles. The second-order valence-corrected chi connectivity index (χ2v) is 6.57. The van der Waals surface area contributed by atoms with Crippen molar-refractivity contribution < 1.29 is 22.8 Å². The van der Waals surface area contributed by atoms with Crippen LogP contribution in [-0.2, 0) is 11.0 Å². The van der Waals surface area contributed by atoms with Crippen LogP contribution in [0, 0.1) is 0 Å². The van der Waals surface area contributed by atoms with E-state index in [1.807, 2.05) is 0 Å². The lowest BCUT2D eigenvalue weighted by atomic mass is 9.83. The highest BCUT2D eigenvalue weighted by molar-refractivity contribution is 6.22. The van der Waals surface area contributed by atoms with Crippen molar-refractivity contribution >= 4 is 17.4 Å². The molecule has 1 saturated heterocycles. The topological polar surface area (TPSA) is 40.6 Å². The summed E-state index contributed by atoms with van der Waals surface area (Å²) in [5.74, 6) is -0.0647. The summed E-state index contributed by atoms with van der Waals surface area (Å²) in [6, 6.07) is 4.43. The second kappa shape index (κ2) is 6.20. The van der Waals surface area contributed by atoms with Crippen LogP contribution in [0.5, 0.6) is 0 Å². The zero-order valence-corrected chi connectivity index (χ0v) is 14.1. The highest BCUT2D eigenvalue weighted by atomic mass is 19.4. The van der Waals surface area contributed by atoms with Crippen molar-refractivity contribution in [2.24, 2.45) is 0 Å². The standard InChI is InChI=1S/C18H19F3N2O2/c1-22(2)17(25)23-10-9-13-14(23)7-8-15(24)16(13)11-3-5-12(6-4-11)18(19,20)21/h3-6,14H,7-10H2,1-2H3. The number of benzene rings is 1. The molecule has 0 bridgehead atoms. The number of rotatable bonds is 1. The van der Waals surface area contributed by atoms with E-state index in [-0.39, 0.29) is 17.9 Å². The maximum absolute atomic E-state index is 12.7. The van der Waals surface area contributed by atoms with Crippen LogP contribution in [0.25, 0.3) is 5.57 Å². The second-order valence-electron chi connectivity index (χ2n) is 6.57. The number of allylic oxidation sites excluding steroid dienone is 1. The number of halogens is 3. The van der Waals surface area contributed by atoms with E-state index in [1.165, 1.54) is 17.0 Å². The first-order chi connectivity index (χ1) is 11.7. The molecule has 25 heavy (non-hydrogen) atoms. The van der Waals surface area contributed by atoms with Gasteiger partial charge in [0, 0.05) is 32.6 Å². The third kappa shape index (κ3) is 3.15. The summed E-state index contributed by atoms with van der Waals surface area (Å²) in [5, 5.41) is 0. The number of nitrogens with zero attached hydrogens (tertiary/aromatic N) is 2. The number of hydrogen-bond donors (Lipinski definition) is 0. The fraction of sp³-hybridized carbons (Fsp3) is 0.444. The lowest BCUT2D eigenvalue weighted by Gasteiger charge is -2.31. The lowest BCUT2D eigenvalue weighted by molar-refractivity contribution is -0.137. The Morgan fingerprint density at radius 2 is 1.80 bits per heavy atom. The Labute approximate surface area is 143 Å². The first-order valence-corrected chi connectivity index (χ1v) is 8.12. The summed E-state index contributed by atoms with van der Waals surface area (Å²) >= 11 is 0. The molecule has 1 aliphatic carbocycles. The normalized spacial score (nSPS) is 20.8. The van der Waals surface area contributed by atoms with E-state index in [9.17, 15) is 22.8 Å². The van der Waals surface area contributed by atoms with E-state index in [1.54, 1.807) is 19.0 Å². The van der Waals surface area contributed by atoms with Crippen LogP contribution in [0.15, 0.2) is 29.8 Å². The van der Waals surface area contributed by atoms with Crippen LogP contribution in [0.2, 0.25) is 0 Å². The first-order valence-electron chi connectivity index (χ1n) is 8.12. The van der Waals surface area contributed by atoms with Crippen LogP contribution in [0.3, 0.4) is 0 Å². The molecule has 2 aliphatic rings. The number of carbonyl (C=O) groups excluding carboxylic acids is 2. The summed E-state index contributed by atoms with van der Waals surface area (Å²) in [6.45, 7) is 0.522. The number of likely N-dealkylation sites (tertiary alicyclic amines) is 1. The largest absolute Gasteiger partial charge is 0.416 e. The van der Waals surface area contributed by atoms with Crippen LogP contribution < -0.4 is 0 Å². The smallest absolute Gasteiger partial charge is 0.331 e. The first kappa shape index (κ1) is 17.5. The van der Waals surface area contributed by atoms with Gasteiger partial charge in [-0.25, -0.2) is 4.79 Å². The Bertz CT molecular complexity index is 736. The Morgan fingerprint density at radius 3 is 2.36 bits per heavy atom. The van der Waals surface area contributed by atoms with Crippen molar-refractivity contribution in [2.75, 3.05) is 20.6 Å². The molecule has 1 aromatic carbocycles. The molecule has 4 nitrogen and oxygen atoms in total. The molecular weight excluding hydrogens is 333 g/mol. The molecule has 1 aliphatic heterocycles. The number of alkyl halides is 3. The number of carbonyl (C=O) groups is 2. The number of ketones is 1. The summed E-state index contributed by atoms with van der Waals surface area (Å²) in [5.41, 5.74) is 1.11. The fourth-order valence-corrected chi connectivity index (χ4v) is 3.60. The van der Waals surface area contributed by atoms with Gasteiger partial charge in [-0.05, 0) is 36.1 Å². The Balaban J connectivity index is 1.98. The lowest BCUT2D eigenvalue weighted by Crippen LogP contribution is -2.43. The average Bonchev–Trinajstić information content (AvgIpc) is 2.97. The zero-order valence-electron chi connectivity index (χ0n) is 14.1. The predicted molar refractivity (Wildman–Crippen MR) is 86.8 cm³/mol. The van der Waals surface area contributed by atoms with Gasteiger partial charge < -0.3 is 9.80 Å². The van der Waals surface area contributed by atoms with Gasteiger partial charge >= 0.3 is 12.2 Å². The maximum Gasteiger partial charge on any atom is 0.416 e. The predicted octanol–water partition coefficient (Wildman–Crippen LogP) is 3.58. The fourth-order valence-electron chi connectivity index (χ4n) is 3.60. The molecule has 1 atom stereocenters. The zero-order chi connectivity index (χ0) is 18.4. The average molecular weight is 352 g/mol. The summed E-state index contributed by atoms with van der Waals surface area (Å²) in [4.78, 5) is 28.0. The van der Waals surface area contributed by atoms with Gasteiger partial charge in [-0.3, -0.25) is 4.79 Å². The summed E-state index contributed by atoms with van der Waals surface area (Å²) in [6.07, 6.45) is -2.97. The van der Waals surface area contributed by atoms with Crippen LogP contribution in [-0.4, -0.2) is 48.3 Å². The summed E-state index contributed by atoms with van der Waals surface area (Å²) in [7, 11) is 3.35. The monoisotopic (exact) mass is 352 g/mol. The molecule has 134 valence electrons. The van der Waals surface area contributed by atoms with Crippen molar-refractivity contribution in [3.05, 3.63) is 41.0 Å². The minimum absolute atomic E-state index is 0.0647. The van der Waals surface area contributed by atoms with E-state index in [4.69, 9.17) is 0 Å². The molecule has 1 fully saturated rings. The molecule has 0 radical (unpaired) electrons. The quantitative estimate of drug-likeness (QED) is 0.775. The summed E-state index contributed by atoms with van der Waals surface area (Å²) < 4.78 is 38.2. The molecule has 0 aromatic heterocycles. The van der Waals surface area contributed by atoms with Crippen molar-refractivity contribution in [2.45, 2.75) is 31.5 Å². The SMILES string of the molecule is CN(C)C(=O)N1CCC2=C(c3ccc(C(F)(F)F)cc3)C(=O)CCC21. The number of amides is 2. The van der Waals surface area contributed by atoms with Gasteiger partial charge in [0.25, 0.3) is 0 Å². The van der Waals surface area contributed by atoms with Crippen LogP contribution in [0.4, 0.5) is 18.0 Å². The van der Waals surface area contributed by atoms with E-state index in [0.717, 1.165) is 17.7 Å². The van der Waals surface area contributed by atoms with E-state index < -0.39 is 11.7 Å². The molecule has 3 rings (SSSR count).